The van der Waals surface area contributed by atoms with Crippen LogP contribution < -0.4 is 0 Å². The maximum Gasteiger partial charge on any atom is 0.306 e. The third-order valence-corrected chi connectivity index (χ3v) is 6.31. The molecule has 10 nitrogen and oxygen atoms in total. The van der Waals surface area contributed by atoms with E-state index in [2.05, 4.69) is 0 Å². The maximum atomic E-state index is 11.5. The largest absolute Gasteiger partial charge is 0.481 e. The summed E-state index contributed by atoms with van der Waals surface area (Å²) in [5.41, 5.74) is -1.83. The molecule has 1 saturated carbocycles. The van der Waals surface area contributed by atoms with Gasteiger partial charge in [0, 0.05) is 19.3 Å². The highest BCUT2D eigenvalue weighted by atomic mass is 17.3. The topological polar surface area (TPSA) is 111 Å². The first-order valence-corrected chi connectivity index (χ1v) is 17.1. The van der Waals surface area contributed by atoms with E-state index in [0.29, 0.717) is 6.42 Å². The fraction of sp³-hybridized carbons (Fsp3) is 0.971. The number of carboxylic acid groups (broad SMARTS) is 1. The van der Waals surface area contributed by atoms with Crippen molar-refractivity contribution >= 4 is 5.97 Å². The maximum absolute atomic E-state index is 11.5. The number of unbranched alkanes of at least 4 members (excludes halogenated alkanes) is 1. The predicted octanol–water partition coefficient (Wildman–Crippen LogP) is 10.2. The van der Waals surface area contributed by atoms with Gasteiger partial charge in [0.1, 0.15) is 0 Å². The number of carbonyl (C=O) groups is 1. The van der Waals surface area contributed by atoms with Gasteiger partial charge in [-0.3, -0.25) is 4.79 Å². The molecule has 0 heterocycles. The van der Waals surface area contributed by atoms with Crippen LogP contribution in [0.2, 0.25) is 0 Å². The predicted molar refractivity (Wildman–Crippen MR) is 176 cm³/mol. The van der Waals surface area contributed by atoms with Crippen molar-refractivity contribution in [3.8, 4) is 0 Å². The van der Waals surface area contributed by atoms with Gasteiger partial charge in [-0.2, -0.15) is 19.6 Å². The van der Waals surface area contributed by atoms with Crippen molar-refractivity contribution in [2.75, 3.05) is 0 Å². The lowest BCUT2D eigenvalue weighted by Crippen LogP contribution is -2.41. The molecule has 0 aliphatic heterocycles. The van der Waals surface area contributed by atoms with Crippen molar-refractivity contribution in [2.45, 2.75) is 214 Å². The second kappa shape index (κ2) is 19.8. The summed E-state index contributed by atoms with van der Waals surface area (Å²) < 4.78 is 0. The Balaban J connectivity index is 0.000000861. The van der Waals surface area contributed by atoms with E-state index in [-0.39, 0.29) is 17.6 Å². The molecule has 0 spiro atoms. The molecule has 1 rings (SSSR count). The summed E-state index contributed by atoms with van der Waals surface area (Å²) in [4.78, 5) is 55.9. The van der Waals surface area contributed by atoms with Gasteiger partial charge in [0.05, 0.1) is 28.3 Å². The van der Waals surface area contributed by atoms with E-state index in [1.165, 1.54) is 32.1 Å². The lowest BCUT2D eigenvalue weighted by atomic mass is 9.94. The number of hydrogen-bond acceptors (Lipinski definition) is 9. The Bertz CT molecular complexity index is 738. The molecule has 1 atom stereocenters. The van der Waals surface area contributed by atoms with E-state index in [4.69, 9.17) is 39.1 Å². The second-order valence-electron chi connectivity index (χ2n) is 16.5. The van der Waals surface area contributed by atoms with Gasteiger partial charge < -0.3 is 5.11 Å². The fourth-order valence-corrected chi connectivity index (χ4v) is 4.10. The normalized spacial score (nSPS) is 18.1. The molecule has 0 aromatic rings. The first-order chi connectivity index (χ1) is 20.4. The molecule has 0 aromatic carbocycles. The van der Waals surface area contributed by atoms with Gasteiger partial charge in [-0.25, -0.2) is 19.6 Å². The average Bonchev–Trinajstić information content (AvgIpc) is 2.89. The molecule has 0 saturated heterocycles. The Morgan fingerprint density at radius 2 is 0.956 bits per heavy atom. The lowest BCUT2D eigenvalue weighted by Gasteiger charge is -2.36. The molecule has 0 radical (unpaired) electrons. The van der Waals surface area contributed by atoms with E-state index in [0.717, 1.165) is 38.5 Å². The molecule has 1 aliphatic rings. The molecule has 1 N–H and O–H groups in total. The molecule has 1 aliphatic carbocycles. The molecule has 1 fully saturated rings. The zero-order chi connectivity index (χ0) is 35.0. The van der Waals surface area contributed by atoms with Crippen molar-refractivity contribution in [1.29, 1.82) is 0 Å². The molecule has 10 heteroatoms. The van der Waals surface area contributed by atoms with Crippen LogP contribution in [0.3, 0.4) is 0 Å². The van der Waals surface area contributed by atoms with Crippen molar-refractivity contribution in [3.63, 3.8) is 0 Å². The van der Waals surface area contributed by atoms with E-state index in [1.807, 2.05) is 90.0 Å². The fourth-order valence-electron chi connectivity index (χ4n) is 4.10. The Morgan fingerprint density at radius 3 is 1.27 bits per heavy atom. The minimum atomic E-state index is -1.31. The van der Waals surface area contributed by atoms with Gasteiger partial charge in [-0.05, 0) is 109 Å². The first-order valence-electron chi connectivity index (χ1n) is 17.1. The number of hydrogen-bond donors (Lipinski definition) is 1. The van der Waals surface area contributed by atoms with Crippen LogP contribution in [0.25, 0.3) is 0 Å². The summed E-state index contributed by atoms with van der Waals surface area (Å²) in [5.74, 6) is -3.56. The zero-order valence-corrected chi connectivity index (χ0v) is 31.4. The van der Waals surface area contributed by atoms with E-state index in [9.17, 15) is 9.90 Å². The molecule has 270 valence electrons. The third kappa shape index (κ3) is 24.9. The Hall–Kier alpha value is -0.850. The van der Waals surface area contributed by atoms with Crippen LogP contribution in [-0.2, 0) is 43.9 Å². The average molecular weight is 651 g/mol. The van der Waals surface area contributed by atoms with Crippen LogP contribution in [-0.4, -0.2) is 45.1 Å². The van der Waals surface area contributed by atoms with Crippen LogP contribution in [0.4, 0.5) is 0 Å². The summed E-state index contributed by atoms with van der Waals surface area (Å²) in [6, 6.07) is 0. The van der Waals surface area contributed by atoms with E-state index in [1.54, 1.807) is 6.92 Å². The first kappa shape index (κ1) is 44.1. The van der Waals surface area contributed by atoms with E-state index >= 15 is 0 Å². The molecular weight excluding hydrogens is 580 g/mol. The highest BCUT2D eigenvalue weighted by molar-refractivity contribution is 5.70. The van der Waals surface area contributed by atoms with Crippen molar-refractivity contribution in [3.05, 3.63) is 0 Å². The van der Waals surface area contributed by atoms with Gasteiger partial charge >= 0.3 is 5.97 Å². The van der Waals surface area contributed by atoms with Crippen molar-refractivity contribution < 1.29 is 49.0 Å². The summed E-state index contributed by atoms with van der Waals surface area (Å²) in [6.45, 7) is 26.5. The molecule has 0 aromatic heterocycles. The van der Waals surface area contributed by atoms with Crippen LogP contribution >= 0.6 is 0 Å². The second-order valence-corrected chi connectivity index (χ2v) is 16.5. The van der Waals surface area contributed by atoms with Crippen LogP contribution in [0.5, 0.6) is 0 Å². The Labute approximate surface area is 275 Å². The third-order valence-electron chi connectivity index (χ3n) is 6.31. The molecule has 1 unspecified atom stereocenters. The van der Waals surface area contributed by atoms with Crippen molar-refractivity contribution in [2.24, 2.45) is 5.92 Å². The standard InChI is InChI=1S/C18H36O4.C17H34O6/c1-16(2,3)19-21-18(22-20-17(4,5)6)14-12-10-8-7-9-11-13-15-18;1-9-10-11-13(14(18)19)12-17(8,22-20-15(2,3)4)23-21-16(5,6)7/h7-15H2,1-6H3;13H,9-12H2,1-8H3,(H,18,19). The van der Waals surface area contributed by atoms with Gasteiger partial charge in [-0.1, -0.05) is 51.9 Å². The minimum Gasteiger partial charge on any atom is -0.481 e. The summed E-state index contributed by atoms with van der Waals surface area (Å²) >= 11 is 0. The molecule has 45 heavy (non-hydrogen) atoms. The molecular formula is C35H70O10. The summed E-state index contributed by atoms with van der Waals surface area (Å²) in [6.07, 6.45) is 12.5. The zero-order valence-electron chi connectivity index (χ0n) is 31.4. The van der Waals surface area contributed by atoms with E-state index < -0.39 is 34.7 Å². The quantitative estimate of drug-likeness (QED) is 0.111. The monoisotopic (exact) mass is 650 g/mol. The van der Waals surface area contributed by atoms with Crippen LogP contribution in [0.1, 0.15) is 180 Å². The van der Waals surface area contributed by atoms with Crippen LogP contribution in [0, 0.1) is 5.92 Å². The highest BCUT2D eigenvalue weighted by Gasteiger charge is 2.39. The summed E-state index contributed by atoms with van der Waals surface area (Å²) in [7, 11) is 0. The summed E-state index contributed by atoms with van der Waals surface area (Å²) in [5, 5.41) is 9.43. The number of carboxylic acids is 1. The van der Waals surface area contributed by atoms with Gasteiger partial charge in [0.2, 0.25) is 11.6 Å². The minimum absolute atomic E-state index is 0.133. The van der Waals surface area contributed by atoms with Crippen LogP contribution in [0.15, 0.2) is 0 Å². The van der Waals surface area contributed by atoms with Gasteiger partial charge in [-0.15, -0.1) is 0 Å². The Kier molecular flexibility index (Phi) is 19.5. The SMILES string of the molecule is CC(C)(C)OOC1(OOC(C)(C)C)CCCCCCCCC1.CCCCC(CC(C)(OOC(C)(C)C)OOC(C)(C)C)C(=O)O. The lowest BCUT2D eigenvalue weighted by molar-refractivity contribution is -0.544. The number of aliphatic carboxylic acids is 1. The molecule has 0 bridgehead atoms. The smallest absolute Gasteiger partial charge is 0.306 e. The van der Waals surface area contributed by atoms with Gasteiger partial charge in [0.25, 0.3) is 0 Å². The number of rotatable bonds is 14. The highest BCUT2D eigenvalue weighted by Crippen LogP contribution is 2.34. The molecule has 0 amide bonds. The van der Waals surface area contributed by atoms with Crippen molar-refractivity contribution in [1.82, 2.24) is 0 Å². The Morgan fingerprint density at radius 1 is 0.600 bits per heavy atom. The van der Waals surface area contributed by atoms with Gasteiger partial charge in [0.15, 0.2) is 0 Å².